The van der Waals surface area contributed by atoms with Crippen LogP contribution in [0.1, 0.15) is 63.2 Å². The number of methoxy groups -OCH3 is 1. The predicted octanol–water partition coefficient (Wildman–Crippen LogP) is 1.36. The zero-order valence-electron chi connectivity index (χ0n) is 21.0. The fourth-order valence-corrected chi connectivity index (χ4v) is 5.16. The number of rotatable bonds is 2. The lowest BCUT2D eigenvalue weighted by Gasteiger charge is -2.35. The molecule has 10 nitrogen and oxygen atoms in total. The van der Waals surface area contributed by atoms with Gasteiger partial charge >= 0.3 is 0 Å². The fraction of sp³-hybridized carbons (Fsp3) is 0.444. The highest BCUT2D eigenvalue weighted by Crippen LogP contribution is 2.47. The lowest BCUT2D eigenvalue weighted by molar-refractivity contribution is -0.261. The number of phenols is 2. The Balaban J connectivity index is 0.000000257. The quantitative estimate of drug-likeness (QED) is 0.304. The molecule has 0 spiro atoms. The van der Waals surface area contributed by atoms with E-state index in [2.05, 4.69) is 4.74 Å². The summed E-state index contributed by atoms with van der Waals surface area (Å²) in [5.74, 6) is -1.73. The zero-order valence-corrected chi connectivity index (χ0v) is 21.0. The Bertz CT molecular complexity index is 1290. The standard InChI is InChI=1S/C21H18O6.C6H11FO4/c1-9(22)10-6-7-11-13(8-10)20(25)16-17(18(11)23)21(26)15-12(19(16)24)4-3-5-14(15)27-2;1-2-4(8)5(9)3(7)6(10)11-2/h3-5,10,23,25H,6-8H2,1-2H3;2-6,8-10H,1H3. The van der Waals surface area contributed by atoms with E-state index in [0.29, 0.717) is 24.0 Å². The van der Waals surface area contributed by atoms with Crippen molar-refractivity contribution in [2.45, 2.75) is 63.9 Å². The van der Waals surface area contributed by atoms with Crippen molar-refractivity contribution in [1.29, 1.82) is 0 Å². The summed E-state index contributed by atoms with van der Waals surface area (Å²) in [6.45, 7) is 2.94. The highest BCUT2D eigenvalue weighted by Gasteiger charge is 2.42. The molecule has 1 fully saturated rings. The number of ether oxygens (including phenoxy) is 2. The molecule has 38 heavy (non-hydrogen) atoms. The first-order valence-electron chi connectivity index (χ1n) is 12.1. The van der Waals surface area contributed by atoms with Crippen molar-refractivity contribution < 1.29 is 53.8 Å². The molecule has 6 atom stereocenters. The molecule has 1 heterocycles. The Kier molecular flexibility index (Phi) is 7.57. The van der Waals surface area contributed by atoms with Crippen molar-refractivity contribution in [3.8, 4) is 17.2 Å². The number of aliphatic hydroxyl groups excluding tert-OH is 3. The van der Waals surface area contributed by atoms with Crippen molar-refractivity contribution >= 4 is 17.3 Å². The van der Waals surface area contributed by atoms with Gasteiger partial charge in [-0.05, 0) is 39.2 Å². The number of phenolic OH excluding ortho intramolecular Hbond substituents is 2. The van der Waals surface area contributed by atoms with Crippen LogP contribution < -0.4 is 4.74 Å². The van der Waals surface area contributed by atoms with Gasteiger partial charge in [-0.1, -0.05) is 12.1 Å². The summed E-state index contributed by atoms with van der Waals surface area (Å²) in [6, 6.07) is 4.66. The average molecular weight is 533 g/mol. The van der Waals surface area contributed by atoms with Gasteiger partial charge in [0.25, 0.3) is 0 Å². The maximum atomic E-state index is 13.1. The summed E-state index contributed by atoms with van der Waals surface area (Å²) in [7, 11) is 1.40. The van der Waals surface area contributed by atoms with Gasteiger partial charge < -0.3 is 35.0 Å². The van der Waals surface area contributed by atoms with Crippen molar-refractivity contribution in [1.82, 2.24) is 0 Å². The second-order valence-corrected chi connectivity index (χ2v) is 9.65. The zero-order chi connectivity index (χ0) is 28.0. The molecule has 5 N–H and O–H groups in total. The SMILES string of the molecule is CC1OC(O)C(F)C(O)C1O.COc1cccc2c1C(=O)c1c(O)c3c(c(O)c1C2=O)CC(C(C)=O)CC3. The van der Waals surface area contributed by atoms with E-state index in [1.165, 1.54) is 27.0 Å². The number of alkyl halides is 1. The summed E-state index contributed by atoms with van der Waals surface area (Å²) < 4.78 is 22.4. The van der Waals surface area contributed by atoms with Crippen LogP contribution in [0.2, 0.25) is 0 Å². The van der Waals surface area contributed by atoms with Crippen LogP contribution in [0.15, 0.2) is 18.2 Å². The van der Waals surface area contributed by atoms with Gasteiger partial charge in [0.05, 0.1) is 29.9 Å². The van der Waals surface area contributed by atoms with E-state index in [1.807, 2.05) is 0 Å². The maximum Gasteiger partial charge on any atom is 0.202 e. The highest BCUT2D eigenvalue weighted by molar-refractivity contribution is 6.31. The van der Waals surface area contributed by atoms with E-state index in [9.17, 15) is 29.0 Å². The minimum absolute atomic E-state index is 0.00487. The van der Waals surface area contributed by atoms with Crippen molar-refractivity contribution in [3.05, 3.63) is 51.6 Å². The van der Waals surface area contributed by atoms with Crippen molar-refractivity contribution in [3.63, 3.8) is 0 Å². The van der Waals surface area contributed by atoms with Crippen LogP contribution >= 0.6 is 0 Å². The van der Waals surface area contributed by atoms with Crippen LogP contribution in [0.3, 0.4) is 0 Å². The van der Waals surface area contributed by atoms with E-state index in [1.54, 1.807) is 12.1 Å². The summed E-state index contributed by atoms with van der Waals surface area (Å²) >= 11 is 0. The molecule has 1 aliphatic heterocycles. The second-order valence-electron chi connectivity index (χ2n) is 9.65. The van der Waals surface area contributed by atoms with Crippen LogP contribution in [-0.2, 0) is 22.4 Å². The number of fused-ring (bicyclic) bond motifs is 3. The number of halogens is 1. The topological polar surface area (TPSA) is 171 Å². The van der Waals surface area contributed by atoms with Crippen LogP contribution in [0.4, 0.5) is 4.39 Å². The van der Waals surface area contributed by atoms with E-state index in [-0.39, 0.29) is 57.6 Å². The Morgan fingerprint density at radius 1 is 1.00 bits per heavy atom. The molecule has 5 rings (SSSR count). The fourth-order valence-electron chi connectivity index (χ4n) is 5.16. The molecule has 3 aliphatic rings. The minimum Gasteiger partial charge on any atom is -0.507 e. The number of aromatic hydroxyl groups is 2. The molecule has 2 aliphatic carbocycles. The number of hydrogen-bond donors (Lipinski definition) is 5. The first-order valence-corrected chi connectivity index (χ1v) is 12.1. The van der Waals surface area contributed by atoms with Gasteiger partial charge in [0, 0.05) is 22.6 Å². The molecule has 6 unspecified atom stereocenters. The van der Waals surface area contributed by atoms with Gasteiger partial charge in [-0.2, -0.15) is 0 Å². The summed E-state index contributed by atoms with van der Waals surface area (Å²) in [5, 5.41) is 48.3. The first-order chi connectivity index (χ1) is 17.9. The van der Waals surface area contributed by atoms with Crippen LogP contribution in [0.5, 0.6) is 17.2 Å². The Morgan fingerprint density at radius 2 is 1.63 bits per heavy atom. The molecular formula is C27H29FO10. The predicted molar refractivity (Wildman–Crippen MR) is 129 cm³/mol. The molecule has 0 aromatic heterocycles. The van der Waals surface area contributed by atoms with Gasteiger partial charge in [0.15, 0.2) is 18.2 Å². The second kappa shape index (κ2) is 10.4. The molecule has 2 aromatic carbocycles. The minimum atomic E-state index is -1.93. The third-order valence-corrected chi connectivity index (χ3v) is 7.38. The van der Waals surface area contributed by atoms with Gasteiger partial charge in [-0.3, -0.25) is 14.4 Å². The van der Waals surface area contributed by atoms with Gasteiger partial charge in [-0.25, -0.2) is 4.39 Å². The Hall–Kier alpha value is -3.38. The van der Waals surface area contributed by atoms with Crippen molar-refractivity contribution in [2.75, 3.05) is 7.11 Å². The summed E-state index contributed by atoms with van der Waals surface area (Å²) in [6.07, 6.45) is -6.02. The Morgan fingerprint density at radius 3 is 2.26 bits per heavy atom. The third-order valence-electron chi connectivity index (χ3n) is 7.38. The van der Waals surface area contributed by atoms with Crippen LogP contribution in [-0.4, -0.2) is 80.8 Å². The lowest BCUT2D eigenvalue weighted by atomic mass is 9.75. The molecule has 0 saturated carbocycles. The van der Waals surface area contributed by atoms with Crippen LogP contribution in [0, 0.1) is 5.92 Å². The smallest absolute Gasteiger partial charge is 0.202 e. The van der Waals surface area contributed by atoms with Gasteiger partial charge in [0.1, 0.15) is 35.2 Å². The number of carbonyl (C=O) groups is 3. The number of benzene rings is 2. The van der Waals surface area contributed by atoms with E-state index < -0.39 is 42.3 Å². The number of aliphatic hydroxyl groups is 3. The number of ketones is 3. The van der Waals surface area contributed by atoms with Gasteiger partial charge in [-0.15, -0.1) is 0 Å². The largest absolute Gasteiger partial charge is 0.507 e. The summed E-state index contributed by atoms with van der Waals surface area (Å²) in [5.41, 5.74) is 0.647. The molecule has 2 aromatic rings. The van der Waals surface area contributed by atoms with Crippen LogP contribution in [0.25, 0.3) is 0 Å². The number of Topliss-reactive ketones (excluding diaryl/α,β-unsaturated/α-hetero) is 1. The number of carbonyl (C=O) groups excluding carboxylic acids is 3. The van der Waals surface area contributed by atoms with E-state index in [4.69, 9.17) is 20.1 Å². The average Bonchev–Trinajstić information content (AvgIpc) is 2.90. The molecule has 0 radical (unpaired) electrons. The van der Waals surface area contributed by atoms with E-state index in [0.717, 1.165) is 0 Å². The number of hydrogen-bond acceptors (Lipinski definition) is 10. The molecule has 1 saturated heterocycles. The Labute approximate surface area is 217 Å². The third kappa shape index (κ3) is 4.45. The van der Waals surface area contributed by atoms with Crippen molar-refractivity contribution in [2.24, 2.45) is 5.92 Å². The molecule has 0 amide bonds. The summed E-state index contributed by atoms with van der Waals surface area (Å²) in [4.78, 5) is 37.9. The molecular weight excluding hydrogens is 503 g/mol. The molecule has 204 valence electrons. The first kappa shape index (κ1) is 27.6. The van der Waals surface area contributed by atoms with Gasteiger partial charge in [0.2, 0.25) is 5.78 Å². The molecule has 0 bridgehead atoms. The highest BCUT2D eigenvalue weighted by atomic mass is 19.1. The maximum absolute atomic E-state index is 13.1. The monoisotopic (exact) mass is 532 g/mol. The van der Waals surface area contributed by atoms with E-state index >= 15 is 0 Å². The normalized spacial score (nSPS) is 27.9. The lowest BCUT2D eigenvalue weighted by Crippen LogP contribution is -2.54. The molecule has 11 heteroatoms.